The van der Waals surface area contributed by atoms with E-state index in [-0.39, 0.29) is 0 Å². The summed E-state index contributed by atoms with van der Waals surface area (Å²) in [6.07, 6.45) is 5.45. The van der Waals surface area contributed by atoms with Crippen LogP contribution in [0.3, 0.4) is 0 Å². The van der Waals surface area contributed by atoms with Crippen LogP contribution in [0.4, 0.5) is 23.0 Å². The summed E-state index contributed by atoms with van der Waals surface area (Å²) in [5.74, 6) is 1.13. The van der Waals surface area contributed by atoms with Gasteiger partial charge in [-0.1, -0.05) is 0 Å². The maximum absolute atomic E-state index is 6.34. The van der Waals surface area contributed by atoms with Gasteiger partial charge in [-0.2, -0.15) is 5.10 Å². The second-order valence-corrected chi connectivity index (χ2v) is 7.37. The molecule has 0 aliphatic carbocycles. The lowest BCUT2D eigenvalue weighted by Gasteiger charge is -2.21. The van der Waals surface area contributed by atoms with Crippen LogP contribution >= 0.6 is 0 Å². The summed E-state index contributed by atoms with van der Waals surface area (Å²) < 4.78 is 7.39. The minimum absolute atomic E-state index is 0.491. The number of nitrogen functional groups attached to an aromatic ring is 1. The number of aryl methyl sites for hydroxylation is 2. The molecule has 4 heterocycles. The SMILES string of the molecule is Cc1nn(C)cc1Nc1ncc2c(N)cc(-c3cnc4c(c3C)NCCO4)cc2n1. The van der Waals surface area contributed by atoms with Gasteiger partial charge >= 0.3 is 0 Å². The molecule has 0 radical (unpaired) electrons. The van der Waals surface area contributed by atoms with Gasteiger partial charge < -0.3 is 21.1 Å². The Morgan fingerprint density at radius 2 is 2.07 bits per heavy atom. The highest BCUT2D eigenvalue weighted by molar-refractivity contribution is 5.95. The monoisotopic (exact) mass is 402 g/mol. The van der Waals surface area contributed by atoms with E-state index in [1.165, 1.54) is 0 Å². The molecule has 4 aromatic rings. The highest BCUT2D eigenvalue weighted by Crippen LogP contribution is 2.37. The minimum Gasteiger partial charge on any atom is -0.474 e. The highest BCUT2D eigenvalue weighted by atomic mass is 16.5. The van der Waals surface area contributed by atoms with Gasteiger partial charge in [-0.25, -0.2) is 15.0 Å². The Morgan fingerprint density at radius 1 is 1.20 bits per heavy atom. The fourth-order valence-electron chi connectivity index (χ4n) is 3.73. The number of nitrogens with two attached hydrogens (primary N) is 1. The van der Waals surface area contributed by atoms with Crippen molar-refractivity contribution in [3.05, 3.63) is 42.0 Å². The van der Waals surface area contributed by atoms with Crippen LogP contribution in [0, 0.1) is 13.8 Å². The number of benzene rings is 1. The lowest BCUT2D eigenvalue weighted by Crippen LogP contribution is -2.20. The zero-order valence-electron chi connectivity index (χ0n) is 17.0. The first-order valence-electron chi connectivity index (χ1n) is 9.70. The predicted molar refractivity (Wildman–Crippen MR) is 117 cm³/mol. The number of nitrogens with one attached hydrogen (secondary N) is 2. The van der Waals surface area contributed by atoms with Gasteiger partial charge in [0.15, 0.2) is 0 Å². The first-order valence-corrected chi connectivity index (χ1v) is 9.70. The molecular weight excluding hydrogens is 380 g/mol. The molecule has 0 atom stereocenters. The van der Waals surface area contributed by atoms with E-state index in [2.05, 4.69) is 37.6 Å². The number of rotatable bonds is 3. The van der Waals surface area contributed by atoms with Crippen molar-refractivity contribution >= 4 is 33.9 Å². The second kappa shape index (κ2) is 6.87. The largest absolute Gasteiger partial charge is 0.474 e. The van der Waals surface area contributed by atoms with Crippen LogP contribution in [0.25, 0.3) is 22.0 Å². The Balaban J connectivity index is 1.58. The molecule has 0 amide bonds. The van der Waals surface area contributed by atoms with Crippen LogP contribution in [0.2, 0.25) is 0 Å². The highest BCUT2D eigenvalue weighted by Gasteiger charge is 2.18. The molecule has 5 rings (SSSR count). The van der Waals surface area contributed by atoms with E-state index in [9.17, 15) is 0 Å². The summed E-state index contributed by atoms with van der Waals surface area (Å²) in [5, 5.41) is 11.7. The molecule has 0 unspecified atom stereocenters. The van der Waals surface area contributed by atoms with Crippen molar-refractivity contribution in [3.8, 4) is 17.0 Å². The normalized spacial score (nSPS) is 12.9. The number of fused-ring (bicyclic) bond motifs is 2. The number of hydrogen-bond donors (Lipinski definition) is 3. The van der Waals surface area contributed by atoms with Gasteiger partial charge in [-0.05, 0) is 37.1 Å². The van der Waals surface area contributed by atoms with Crippen LogP contribution in [0.1, 0.15) is 11.3 Å². The van der Waals surface area contributed by atoms with E-state index >= 15 is 0 Å². The quantitative estimate of drug-likeness (QED) is 0.448. The molecule has 0 spiro atoms. The smallest absolute Gasteiger partial charge is 0.237 e. The van der Waals surface area contributed by atoms with Gasteiger partial charge in [-0.15, -0.1) is 0 Å². The van der Waals surface area contributed by atoms with Crippen LogP contribution in [-0.2, 0) is 7.05 Å². The zero-order chi connectivity index (χ0) is 20.8. The summed E-state index contributed by atoms with van der Waals surface area (Å²) in [6.45, 7) is 5.36. The lowest BCUT2D eigenvalue weighted by molar-refractivity contribution is 0.310. The fraction of sp³-hybridized carbons (Fsp3) is 0.238. The topological polar surface area (TPSA) is 116 Å². The molecule has 152 valence electrons. The van der Waals surface area contributed by atoms with E-state index in [0.717, 1.165) is 51.2 Å². The van der Waals surface area contributed by atoms with Crippen LogP contribution in [0.15, 0.2) is 30.7 Å². The van der Waals surface area contributed by atoms with Crippen LogP contribution < -0.4 is 21.1 Å². The van der Waals surface area contributed by atoms with Crippen molar-refractivity contribution in [2.24, 2.45) is 7.05 Å². The summed E-state index contributed by atoms with van der Waals surface area (Å²) in [7, 11) is 1.88. The van der Waals surface area contributed by atoms with Crippen LogP contribution in [0.5, 0.6) is 5.88 Å². The Hall–Kier alpha value is -3.88. The molecule has 9 nitrogen and oxygen atoms in total. The number of aromatic nitrogens is 5. The maximum Gasteiger partial charge on any atom is 0.237 e. The van der Waals surface area contributed by atoms with Gasteiger partial charge in [0.25, 0.3) is 0 Å². The molecule has 4 N–H and O–H groups in total. The maximum atomic E-state index is 6.34. The standard InChI is InChI=1S/C21H22N8O/c1-11-14(8-24-20-19(11)23-4-5-30-20)13-6-16(22)15-9-25-21(26-17(15)7-13)27-18-10-29(3)28-12(18)2/h6-10,23H,4-5,22H2,1-3H3,(H,25,26,27). The van der Waals surface area contributed by atoms with E-state index in [1.807, 2.05) is 38.5 Å². The average molecular weight is 402 g/mol. The van der Waals surface area contributed by atoms with Crippen molar-refractivity contribution in [3.63, 3.8) is 0 Å². The van der Waals surface area contributed by atoms with Crippen LogP contribution in [-0.4, -0.2) is 37.9 Å². The third-order valence-electron chi connectivity index (χ3n) is 5.25. The number of pyridine rings is 1. The lowest BCUT2D eigenvalue weighted by atomic mass is 9.99. The first-order chi connectivity index (χ1) is 14.5. The number of ether oxygens (including phenoxy) is 1. The third-order valence-corrected chi connectivity index (χ3v) is 5.25. The van der Waals surface area contributed by atoms with Gasteiger partial charge in [-0.3, -0.25) is 4.68 Å². The van der Waals surface area contributed by atoms with Crippen molar-refractivity contribution in [1.82, 2.24) is 24.7 Å². The van der Waals surface area contributed by atoms with Crippen molar-refractivity contribution in [1.29, 1.82) is 0 Å². The first kappa shape index (κ1) is 18.2. The van der Waals surface area contributed by atoms with Crippen molar-refractivity contribution < 1.29 is 4.74 Å². The molecular formula is C21H22N8O. The zero-order valence-corrected chi connectivity index (χ0v) is 17.0. The van der Waals surface area contributed by atoms with E-state index in [4.69, 9.17) is 10.5 Å². The third kappa shape index (κ3) is 3.04. The molecule has 0 fully saturated rings. The molecule has 0 saturated heterocycles. The van der Waals surface area contributed by atoms with Crippen molar-refractivity contribution in [2.45, 2.75) is 13.8 Å². The second-order valence-electron chi connectivity index (χ2n) is 7.37. The average Bonchev–Trinajstić information content (AvgIpc) is 3.05. The van der Waals surface area contributed by atoms with Gasteiger partial charge in [0.05, 0.1) is 16.9 Å². The summed E-state index contributed by atoms with van der Waals surface area (Å²) >= 11 is 0. The number of nitrogens with zero attached hydrogens (tertiary/aromatic N) is 5. The van der Waals surface area contributed by atoms with E-state index < -0.39 is 0 Å². The Bertz CT molecular complexity index is 1280. The number of hydrogen-bond acceptors (Lipinski definition) is 8. The minimum atomic E-state index is 0.491. The van der Waals surface area contributed by atoms with Gasteiger partial charge in [0, 0.05) is 48.8 Å². The Kier molecular flexibility index (Phi) is 4.16. The molecule has 3 aromatic heterocycles. The van der Waals surface area contributed by atoms with Gasteiger partial charge in [0.2, 0.25) is 11.8 Å². The Morgan fingerprint density at radius 3 is 2.87 bits per heavy atom. The molecule has 30 heavy (non-hydrogen) atoms. The van der Waals surface area contributed by atoms with Gasteiger partial charge in [0.1, 0.15) is 12.3 Å². The molecule has 1 aliphatic heterocycles. The molecule has 9 heteroatoms. The van der Waals surface area contributed by atoms with E-state index in [1.54, 1.807) is 10.9 Å². The molecule has 1 aliphatic rings. The molecule has 0 bridgehead atoms. The van der Waals surface area contributed by atoms with Crippen molar-refractivity contribution in [2.75, 3.05) is 29.5 Å². The molecule has 0 saturated carbocycles. The summed E-state index contributed by atoms with van der Waals surface area (Å²) in [6, 6.07) is 3.94. The molecule has 1 aromatic carbocycles. The number of anilines is 4. The Labute approximate surface area is 173 Å². The predicted octanol–water partition coefficient (Wildman–Crippen LogP) is 3.17. The summed E-state index contributed by atoms with van der Waals surface area (Å²) in [5.41, 5.74) is 13.4. The van der Waals surface area contributed by atoms with E-state index in [0.29, 0.717) is 24.1 Å². The summed E-state index contributed by atoms with van der Waals surface area (Å²) in [4.78, 5) is 13.6. The fourth-order valence-corrected chi connectivity index (χ4v) is 3.73.